The van der Waals surface area contributed by atoms with Crippen LogP contribution in [0.2, 0.25) is 5.02 Å². The first-order valence-corrected chi connectivity index (χ1v) is 4.79. The van der Waals surface area contributed by atoms with Gasteiger partial charge in [-0.05, 0) is 25.1 Å². The van der Waals surface area contributed by atoms with Gasteiger partial charge in [-0.2, -0.15) is 0 Å². The Morgan fingerprint density at radius 2 is 2.33 bits per heavy atom. The molecule has 1 atom stereocenters. The zero-order valence-corrected chi connectivity index (χ0v) is 8.99. The van der Waals surface area contributed by atoms with Gasteiger partial charge in [-0.1, -0.05) is 11.6 Å². The van der Waals surface area contributed by atoms with Crippen LogP contribution in [0.3, 0.4) is 0 Å². The minimum Gasteiger partial charge on any atom is -0.492 e. The summed E-state index contributed by atoms with van der Waals surface area (Å²) in [6.07, 6.45) is 0. The summed E-state index contributed by atoms with van der Waals surface area (Å²) in [7, 11) is 0. The van der Waals surface area contributed by atoms with E-state index in [9.17, 15) is 4.79 Å². The molecule has 0 saturated carbocycles. The molecule has 0 aliphatic rings. The molecule has 0 aromatic heterocycles. The molecule has 0 bridgehead atoms. The molecule has 0 spiro atoms. The van der Waals surface area contributed by atoms with Crippen molar-refractivity contribution < 1.29 is 14.6 Å². The minimum atomic E-state index is -1.08. The lowest BCUT2D eigenvalue weighted by Crippen LogP contribution is -2.23. The van der Waals surface area contributed by atoms with Gasteiger partial charge in [0.2, 0.25) is 0 Å². The molecule has 1 aromatic carbocycles. The Morgan fingerprint density at radius 1 is 1.67 bits per heavy atom. The van der Waals surface area contributed by atoms with Crippen molar-refractivity contribution in [1.82, 2.24) is 0 Å². The molecule has 1 rings (SSSR count). The Kier molecular flexibility index (Phi) is 3.94. The van der Waals surface area contributed by atoms with E-state index >= 15 is 0 Å². The number of carboxylic acids is 1. The SMILES string of the molecule is CC(N)COc1ccc(Cl)c(C(=O)O)c1. The Morgan fingerprint density at radius 3 is 2.87 bits per heavy atom. The predicted octanol–water partition coefficient (Wildman–Crippen LogP) is 1.76. The molecule has 15 heavy (non-hydrogen) atoms. The summed E-state index contributed by atoms with van der Waals surface area (Å²) in [6.45, 7) is 2.13. The number of carbonyl (C=O) groups is 1. The molecule has 0 amide bonds. The highest BCUT2D eigenvalue weighted by atomic mass is 35.5. The number of aromatic carboxylic acids is 1. The zero-order valence-electron chi connectivity index (χ0n) is 8.24. The fourth-order valence-electron chi connectivity index (χ4n) is 0.986. The second kappa shape index (κ2) is 5.00. The maximum atomic E-state index is 10.7. The van der Waals surface area contributed by atoms with Crippen molar-refractivity contribution in [1.29, 1.82) is 0 Å². The maximum absolute atomic E-state index is 10.7. The quantitative estimate of drug-likeness (QED) is 0.825. The van der Waals surface area contributed by atoms with E-state index in [-0.39, 0.29) is 16.6 Å². The van der Waals surface area contributed by atoms with Gasteiger partial charge in [0.1, 0.15) is 12.4 Å². The second-order valence-corrected chi connectivity index (χ2v) is 3.64. The van der Waals surface area contributed by atoms with Crippen molar-refractivity contribution in [2.75, 3.05) is 6.61 Å². The highest BCUT2D eigenvalue weighted by molar-refractivity contribution is 6.33. The molecule has 0 aliphatic heterocycles. The molecule has 0 saturated heterocycles. The minimum absolute atomic E-state index is 0.0267. The topological polar surface area (TPSA) is 72.5 Å². The summed E-state index contributed by atoms with van der Waals surface area (Å²) >= 11 is 5.69. The lowest BCUT2D eigenvalue weighted by molar-refractivity contribution is 0.0696. The van der Waals surface area contributed by atoms with E-state index in [0.717, 1.165) is 0 Å². The van der Waals surface area contributed by atoms with Crippen LogP contribution in [0.15, 0.2) is 18.2 Å². The van der Waals surface area contributed by atoms with Gasteiger partial charge in [0, 0.05) is 6.04 Å². The van der Waals surface area contributed by atoms with Crippen molar-refractivity contribution in [2.24, 2.45) is 5.73 Å². The maximum Gasteiger partial charge on any atom is 0.337 e. The Bertz CT molecular complexity index is 366. The largest absolute Gasteiger partial charge is 0.492 e. The van der Waals surface area contributed by atoms with E-state index in [1.54, 1.807) is 13.0 Å². The number of halogens is 1. The molecule has 0 aliphatic carbocycles. The molecule has 82 valence electrons. The van der Waals surface area contributed by atoms with E-state index in [1.165, 1.54) is 12.1 Å². The third kappa shape index (κ3) is 3.42. The monoisotopic (exact) mass is 229 g/mol. The normalized spacial score (nSPS) is 12.2. The third-order valence-corrected chi connectivity index (χ3v) is 2.01. The van der Waals surface area contributed by atoms with E-state index < -0.39 is 5.97 Å². The van der Waals surface area contributed by atoms with Gasteiger partial charge in [0.15, 0.2) is 0 Å². The smallest absolute Gasteiger partial charge is 0.337 e. The lowest BCUT2D eigenvalue weighted by atomic mass is 10.2. The van der Waals surface area contributed by atoms with Crippen LogP contribution in [0, 0.1) is 0 Å². The van der Waals surface area contributed by atoms with E-state index in [2.05, 4.69) is 0 Å². The molecular weight excluding hydrogens is 218 g/mol. The number of nitrogens with two attached hydrogens (primary N) is 1. The Balaban J connectivity index is 2.83. The number of hydrogen-bond acceptors (Lipinski definition) is 3. The van der Waals surface area contributed by atoms with Gasteiger partial charge < -0.3 is 15.6 Å². The number of benzene rings is 1. The van der Waals surface area contributed by atoms with Crippen LogP contribution in [0.4, 0.5) is 0 Å². The fourth-order valence-corrected chi connectivity index (χ4v) is 1.18. The van der Waals surface area contributed by atoms with Gasteiger partial charge in [-0.3, -0.25) is 0 Å². The van der Waals surface area contributed by atoms with Crippen LogP contribution < -0.4 is 10.5 Å². The first-order valence-electron chi connectivity index (χ1n) is 4.42. The molecule has 0 radical (unpaired) electrons. The number of carboxylic acid groups (broad SMARTS) is 1. The first kappa shape index (κ1) is 11.8. The van der Waals surface area contributed by atoms with Crippen LogP contribution in [-0.2, 0) is 0 Å². The highest BCUT2D eigenvalue weighted by Gasteiger charge is 2.10. The summed E-state index contributed by atoms with van der Waals surface area (Å²) < 4.78 is 5.27. The van der Waals surface area contributed by atoms with Crippen LogP contribution in [0.25, 0.3) is 0 Å². The van der Waals surface area contributed by atoms with Gasteiger partial charge >= 0.3 is 5.97 Å². The summed E-state index contributed by atoms with van der Waals surface area (Å²) in [5, 5.41) is 8.99. The average molecular weight is 230 g/mol. The summed E-state index contributed by atoms with van der Waals surface area (Å²) in [4.78, 5) is 10.7. The molecule has 0 fully saturated rings. The van der Waals surface area contributed by atoms with Crippen LogP contribution >= 0.6 is 11.6 Å². The van der Waals surface area contributed by atoms with Crippen molar-refractivity contribution in [3.8, 4) is 5.75 Å². The standard InChI is InChI=1S/C10H12ClNO3/c1-6(12)5-15-7-2-3-9(11)8(4-7)10(13)14/h2-4,6H,5,12H2,1H3,(H,13,14). The lowest BCUT2D eigenvalue weighted by Gasteiger charge is -2.09. The molecule has 5 heteroatoms. The molecular formula is C10H12ClNO3. The third-order valence-electron chi connectivity index (χ3n) is 1.68. The zero-order chi connectivity index (χ0) is 11.4. The van der Waals surface area contributed by atoms with Gasteiger partial charge in [-0.25, -0.2) is 4.79 Å². The van der Waals surface area contributed by atoms with Crippen molar-refractivity contribution in [3.63, 3.8) is 0 Å². The number of ether oxygens (including phenoxy) is 1. The van der Waals surface area contributed by atoms with Gasteiger partial charge in [0.25, 0.3) is 0 Å². The van der Waals surface area contributed by atoms with Crippen molar-refractivity contribution in [2.45, 2.75) is 13.0 Å². The van der Waals surface area contributed by atoms with E-state index in [1.807, 2.05) is 0 Å². The molecule has 1 unspecified atom stereocenters. The molecule has 0 heterocycles. The van der Waals surface area contributed by atoms with E-state index in [4.69, 9.17) is 27.2 Å². The molecule has 4 nitrogen and oxygen atoms in total. The fraction of sp³-hybridized carbons (Fsp3) is 0.300. The van der Waals surface area contributed by atoms with Crippen molar-refractivity contribution >= 4 is 17.6 Å². The highest BCUT2D eigenvalue weighted by Crippen LogP contribution is 2.22. The van der Waals surface area contributed by atoms with Crippen LogP contribution in [0.1, 0.15) is 17.3 Å². The number of hydrogen-bond donors (Lipinski definition) is 2. The first-order chi connectivity index (χ1) is 7.00. The summed E-state index contributed by atoms with van der Waals surface area (Å²) in [5.41, 5.74) is 5.53. The summed E-state index contributed by atoms with van der Waals surface area (Å²) in [6, 6.07) is 4.38. The molecule has 1 aromatic rings. The van der Waals surface area contributed by atoms with Gasteiger partial charge in [0.05, 0.1) is 10.6 Å². The number of rotatable bonds is 4. The van der Waals surface area contributed by atoms with Crippen LogP contribution in [-0.4, -0.2) is 23.7 Å². The predicted molar refractivity (Wildman–Crippen MR) is 57.6 cm³/mol. The Labute approximate surface area is 92.6 Å². The molecule has 3 N–H and O–H groups in total. The van der Waals surface area contributed by atoms with Crippen LogP contribution in [0.5, 0.6) is 5.75 Å². The van der Waals surface area contributed by atoms with Gasteiger partial charge in [-0.15, -0.1) is 0 Å². The van der Waals surface area contributed by atoms with E-state index in [0.29, 0.717) is 12.4 Å². The van der Waals surface area contributed by atoms with Crippen molar-refractivity contribution in [3.05, 3.63) is 28.8 Å². The second-order valence-electron chi connectivity index (χ2n) is 3.24. The average Bonchev–Trinajstić information content (AvgIpc) is 2.16. The summed E-state index contributed by atoms with van der Waals surface area (Å²) in [5.74, 6) is -0.625. The Hall–Kier alpha value is -1.26.